The molecule has 0 spiro atoms. The van der Waals surface area contributed by atoms with Crippen molar-refractivity contribution in [2.45, 2.75) is 13.8 Å². The Hall–Kier alpha value is -2.90. The van der Waals surface area contributed by atoms with Crippen LogP contribution in [-0.4, -0.2) is 30.5 Å². The molecule has 1 N–H and O–H groups in total. The van der Waals surface area contributed by atoms with E-state index < -0.39 is 16.8 Å². The van der Waals surface area contributed by atoms with Crippen LogP contribution in [0.1, 0.15) is 24.2 Å². The van der Waals surface area contributed by atoms with Crippen molar-refractivity contribution in [3.8, 4) is 5.75 Å². The third-order valence-corrected chi connectivity index (χ3v) is 2.57. The van der Waals surface area contributed by atoms with Crippen LogP contribution in [0, 0.1) is 10.1 Å². The van der Waals surface area contributed by atoms with Crippen LogP contribution >= 0.6 is 0 Å². The summed E-state index contributed by atoms with van der Waals surface area (Å²) in [6, 6.07) is 3.82. The van der Waals surface area contributed by atoms with E-state index in [1.54, 1.807) is 6.92 Å². The fourth-order valence-corrected chi connectivity index (χ4v) is 1.62. The van der Waals surface area contributed by atoms with Crippen molar-refractivity contribution in [3.63, 3.8) is 0 Å². The number of hydrogen-bond donors (Lipinski definition) is 1. The molecule has 8 heteroatoms. The van der Waals surface area contributed by atoms with Gasteiger partial charge in [0.05, 0.1) is 18.6 Å². The Bertz CT molecular complexity index is 624. The Kier molecular flexibility index (Phi) is 6.06. The van der Waals surface area contributed by atoms with Crippen molar-refractivity contribution >= 4 is 17.6 Å². The van der Waals surface area contributed by atoms with E-state index in [4.69, 9.17) is 9.47 Å². The molecule has 1 amide bonds. The summed E-state index contributed by atoms with van der Waals surface area (Å²) in [5.74, 6) is -1.11. The number of nitrogens with zero attached hydrogens (tertiary/aromatic N) is 1. The van der Waals surface area contributed by atoms with Crippen molar-refractivity contribution in [2.24, 2.45) is 0 Å². The van der Waals surface area contributed by atoms with Crippen molar-refractivity contribution in [3.05, 3.63) is 45.6 Å². The Labute approximate surface area is 126 Å². The second-order valence-corrected chi connectivity index (χ2v) is 4.18. The molecule has 0 aliphatic carbocycles. The zero-order chi connectivity index (χ0) is 16.7. The van der Waals surface area contributed by atoms with Crippen LogP contribution in [-0.2, 0) is 9.53 Å². The molecule has 1 aromatic carbocycles. The molecule has 0 aromatic heterocycles. The summed E-state index contributed by atoms with van der Waals surface area (Å²) in [7, 11) is 1.30. The molecule has 0 radical (unpaired) electrons. The molecule has 118 valence electrons. The third kappa shape index (κ3) is 4.58. The summed E-state index contributed by atoms with van der Waals surface area (Å²) in [6.45, 7) is 3.39. The molecule has 0 atom stereocenters. The van der Waals surface area contributed by atoms with Gasteiger partial charge in [-0.05, 0) is 26.0 Å². The summed E-state index contributed by atoms with van der Waals surface area (Å²) in [4.78, 5) is 33.5. The van der Waals surface area contributed by atoms with Gasteiger partial charge in [0.2, 0.25) is 0 Å². The number of carbonyl (C=O) groups excluding carboxylic acids is 2. The number of rotatable bonds is 6. The number of ether oxygens (including phenoxy) is 2. The number of hydrogen-bond acceptors (Lipinski definition) is 6. The maximum Gasteiger partial charge on any atom is 0.332 e. The van der Waals surface area contributed by atoms with Crippen LogP contribution in [0.5, 0.6) is 5.75 Å². The van der Waals surface area contributed by atoms with Gasteiger partial charge in [-0.1, -0.05) is 0 Å². The number of allylic oxidation sites excluding steroid dienone is 1. The highest BCUT2D eigenvalue weighted by Crippen LogP contribution is 2.27. The van der Waals surface area contributed by atoms with Crippen LogP contribution in [0.4, 0.5) is 5.69 Å². The number of esters is 1. The molecule has 22 heavy (non-hydrogen) atoms. The normalized spacial score (nSPS) is 10.8. The average molecular weight is 308 g/mol. The molecule has 0 aliphatic heterocycles. The number of methoxy groups -OCH3 is 1. The molecule has 8 nitrogen and oxygen atoms in total. The molecule has 0 fully saturated rings. The van der Waals surface area contributed by atoms with Gasteiger partial charge < -0.3 is 14.8 Å². The van der Waals surface area contributed by atoms with Gasteiger partial charge in [-0.15, -0.1) is 0 Å². The first kappa shape index (κ1) is 17.2. The number of nitro groups is 1. The molecule has 0 saturated carbocycles. The van der Waals surface area contributed by atoms with Crippen LogP contribution in [0.3, 0.4) is 0 Å². The third-order valence-electron chi connectivity index (χ3n) is 2.57. The highest BCUT2D eigenvalue weighted by Gasteiger charge is 2.18. The number of carbonyl (C=O) groups is 2. The Morgan fingerprint density at radius 2 is 2.09 bits per heavy atom. The van der Waals surface area contributed by atoms with E-state index in [1.165, 1.54) is 26.2 Å². The largest absolute Gasteiger partial charge is 0.490 e. The van der Waals surface area contributed by atoms with Crippen molar-refractivity contribution < 1.29 is 24.0 Å². The molecule has 1 rings (SSSR count). The first-order valence-electron chi connectivity index (χ1n) is 6.37. The van der Waals surface area contributed by atoms with E-state index in [0.717, 1.165) is 12.1 Å². The summed E-state index contributed by atoms with van der Waals surface area (Å²) >= 11 is 0. The van der Waals surface area contributed by atoms with Crippen LogP contribution in [0.15, 0.2) is 30.0 Å². The van der Waals surface area contributed by atoms with Crippen LogP contribution < -0.4 is 10.1 Å². The lowest BCUT2D eigenvalue weighted by Gasteiger charge is -2.07. The van der Waals surface area contributed by atoms with Gasteiger partial charge in [-0.3, -0.25) is 14.9 Å². The minimum Gasteiger partial charge on any atom is -0.490 e. The fourth-order valence-electron chi connectivity index (χ4n) is 1.62. The van der Waals surface area contributed by atoms with Gasteiger partial charge in [0.15, 0.2) is 5.75 Å². The summed E-state index contributed by atoms with van der Waals surface area (Å²) in [5, 5.41) is 13.4. The zero-order valence-corrected chi connectivity index (χ0v) is 12.4. The molecular weight excluding hydrogens is 292 g/mol. The Morgan fingerprint density at radius 1 is 1.41 bits per heavy atom. The SMILES string of the molecule is CCOC(=O)C=C(C)NC(=O)c1ccc(OC)c([N+](=O)[O-])c1. The Balaban J connectivity index is 2.92. The number of benzene rings is 1. The van der Waals surface area contributed by atoms with Crippen LogP contribution in [0.2, 0.25) is 0 Å². The lowest BCUT2D eigenvalue weighted by Crippen LogP contribution is -2.22. The molecule has 0 heterocycles. The second-order valence-electron chi connectivity index (χ2n) is 4.18. The fraction of sp³-hybridized carbons (Fsp3) is 0.286. The van der Waals surface area contributed by atoms with E-state index in [2.05, 4.69) is 5.32 Å². The molecule has 0 aliphatic rings. The van der Waals surface area contributed by atoms with E-state index in [1.807, 2.05) is 0 Å². The number of nitrogens with one attached hydrogen (secondary N) is 1. The van der Waals surface area contributed by atoms with Gasteiger partial charge in [0, 0.05) is 23.4 Å². The number of nitro benzene ring substituents is 1. The second kappa shape index (κ2) is 7.77. The standard InChI is InChI=1S/C14H16N2O6/c1-4-22-13(17)7-9(2)15-14(18)10-5-6-12(21-3)11(8-10)16(19)20/h5-8H,4H2,1-3H3,(H,15,18). The van der Waals surface area contributed by atoms with Gasteiger partial charge in [0.25, 0.3) is 5.91 Å². The topological polar surface area (TPSA) is 108 Å². The maximum absolute atomic E-state index is 12.0. The molecule has 0 unspecified atom stereocenters. The molecule has 0 saturated heterocycles. The highest BCUT2D eigenvalue weighted by atomic mass is 16.6. The zero-order valence-electron chi connectivity index (χ0n) is 12.4. The molecule has 1 aromatic rings. The van der Waals surface area contributed by atoms with Crippen molar-refractivity contribution in [1.29, 1.82) is 0 Å². The van der Waals surface area contributed by atoms with E-state index in [0.29, 0.717) is 0 Å². The highest BCUT2D eigenvalue weighted by molar-refractivity contribution is 5.97. The van der Waals surface area contributed by atoms with Gasteiger partial charge >= 0.3 is 11.7 Å². The van der Waals surface area contributed by atoms with Crippen molar-refractivity contribution in [1.82, 2.24) is 5.32 Å². The monoisotopic (exact) mass is 308 g/mol. The lowest BCUT2D eigenvalue weighted by molar-refractivity contribution is -0.385. The van der Waals surface area contributed by atoms with Gasteiger partial charge in [-0.25, -0.2) is 4.79 Å². The predicted molar refractivity (Wildman–Crippen MR) is 77.5 cm³/mol. The first-order chi connectivity index (χ1) is 10.4. The number of amides is 1. The summed E-state index contributed by atoms with van der Waals surface area (Å²) in [5.41, 5.74) is 0.0215. The van der Waals surface area contributed by atoms with Gasteiger partial charge in [0.1, 0.15) is 0 Å². The quantitative estimate of drug-likeness (QED) is 0.371. The Morgan fingerprint density at radius 3 is 2.64 bits per heavy atom. The smallest absolute Gasteiger partial charge is 0.332 e. The lowest BCUT2D eigenvalue weighted by atomic mass is 10.1. The predicted octanol–water partition coefficient (Wildman–Crippen LogP) is 1.80. The molecule has 0 bridgehead atoms. The van der Waals surface area contributed by atoms with Gasteiger partial charge in [-0.2, -0.15) is 0 Å². The van der Waals surface area contributed by atoms with E-state index in [-0.39, 0.29) is 29.3 Å². The van der Waals surface area contributed by atoms with E-state index in [9.17, 15) is 19.7 Å². The van der Waals surface area contributed by atoms with E-state index >= 15 is 0 Å². The average Bonchev–Trinajstić information content (AvgIpc) is 2.46. The summed E-state index contributed by atoms with van der Waals surface area (Å²) in [6.07, 6.45) is 1.12. The van der Waals surface area contributed by atoms with Crippen LogP contribution in [0.25, 0.3) is 0 Å². The molecular formula is C14H16N2O6. The minimum absolute atomic E-state index is 0.0559. The maximum atomic E-state index is 12.0. The minimum atomic E-state index is -0.642. The summed E-state index contributed by atoms with van der Waals surface area (Å²) < 4.78 is 9.56. The first-order valence-corrected chi connectivity index (χ1v) is 6.37. The van der Waals surface area contributed by atoms with Crippen molar-refractivity contribution in [2.75, 3.05) is 13.7 Å².